The third kappa shape index (κ3) is 3.86. The number of anilines is 1. The Morgan fingerprint density at radius 3 is 2.81 bits per heavy atom. The normalized spacial score (nSPS) is 11.7. The number of likely N-dealkylation sites (N-methyl/N-ethyl adjacent to an activating group) is 1. The van der Waals surface area contributed by atoms with Crippen molar-refractivity contribution >= 4 is 28.5 Å². The number of aromatic hydroxyl groups is 1. The second-order valence-corrected chi connectivity index (χ2v) is 6.54. The van der Waals surface area contributed by atoms with Gasteiger partial charge in [-0.3, -0.25) is 4.99 Å². The molecule has 0 aliphatic rings. The van der Waals surface area contributed by atoms with E-state index in [4.69, 9.17) is 0 Å². The Kier molecular flexibility index (Phi) is 5.23. The molecular weight excluding hydrogens is 331 g/mol. The number of rotatable bonds is 6. The SMILES string of the molecule is Cc1cccc2[nH]c(O)c(C=Nc3ccc(NCCN(C)C)c(F)c3)c12. The predicted molar refractivity (Wildman–Crippen MR) is 105 cm³/mol. The van der Waals surface area contributed by atoms with Gasteiger partial charge in [-0.05, 0) is 44.8 Å². The molecule has 0 spiro atoms. The number of aryl methyl sites for hydroxylation is 1. The molecule has 0 bridgehead atoms. The lowest BCUT2D eigenvalue weighted by Gasteiger charge is -2.12. The topological polar surface area (TPSA) is 63.6 Å². The van der Waals surface area contributed by atoms with Crippen LogP contribution >= 0.6 is 0 Å². The molecule has 0 saturated heterocycles. The molecule has 0 unspecified atom stereocenters. The smallest absolute Gasteiger partial charge is 0.198 e. The van der Waals surface area contributed by atoms with Crippen LogP contribution in [0.5, 0.6) is 5.88 Å². The second kappa shape index (κ2) is 7.58. The number of aliphatic imine (C=N–C) groups is 1. The predicted octanol–water partition coefficient (Wildman–Crippen LogP) is 4.05. The lowest BCUT2D eigenvalue weighted by Crippen LogP contribution is -2.21. The van der Waals surface area contributed by atoms with Crippen LogP contribution in [0.25, 0.3) is 10.9 Å². The van der Waals surface area contributed by atoms with Crippen LogP contribution in [0, 0.1) is 12.7 Å². The largest absolute Gasteiger partial charge is 0.494 e. The van der Waals surface area contributed by atoms with Crippen molar-refractivity contribution in [3.8, 4) is 5.88 Å². The van der Waals surface area contributed by atoms with Gasteiger partial charge in [0.15, 0.2) is 5.88 Å². The average molecular weight is 354 g/mol. The van der Waals surface area contributed by atoms with E-state index in [1.165, 1.54) is 6.07 Å². The molecule has 0 aliphatic heterocycles. The minimum absolute atomic E-state index is 0.0560. The van der Waals surface area contributed by atoms with Crippen molar-refractivity contribution in [3.63, 3.8) is 0 Å². The molecule has 5 nitrogen and oxygen atoms in total. The van der Waals surface area contributed by atoms with Crippen LogP contribution in [0.15, 0.2) is 41.4 Å². The van der Waals surface area contributed by atoms with Crippen molar-refractivity contribution in [2.45, 2.75) is 6.92 Å². The summed E-state index contributed by atoms with van der Waals surface area (Å²) in [4.78, 5) is 9.29. The van der Waals surface area contributed by atoms with Gasteiger partial charge in [-0.15, -0.1) is 0 Å². The number of aromatic amines is 1. The highest BCUT2D eigenvalue weighted by Gasteiger charge is 2.11. The molecule has 0 saturated carbocycles. The molecule has 6 heteroatoms. The number of benzene rings is 2. The molecule has 0 fully saturated rings. The van der Waals surface area contributed by atoms with Gasteiger partial charge in [0.2, 0.25) is 0 Å². The van der Waals surface area contributed by atoms with E-state index in [0.717, 1.165) is 23.0 Å². The van der Waals surface area contributed by atoms with Crippen molar-refractivity contribution in [2.75, 3.05) is 32.5 Å². The first kappa shape index (κ1) is 17.9. The molecule has 2 aromatic carbocycles. The number of hydrogen-bond donors (Lipinski definition) is 3. The van der Waals surface area contributed by atoms with Crippen molar-refractivity contribution < 1.29 is 9.50 Å². The van der Waals surface area contributed by atoms with Gasteiger partial charge in [-0.1, -0.05) is 12.1 Å². The summed E-state index contributed by atoms with van der Waals surface area (Å²) in [5.74, 6) is -0.293. The molecule has 3 rings (SSSR count). The fourth-order valence-electron chi connectivity index (χ4n) is 2.85. The summed E-state index contributed by atoms with van der Waals surface area (Å²) in [5, 5.41) is 14.1. The number of aromatic nitrogens is 1. The summed E-state index contributed by atoms with van der Waals surface area (Å²) in [7, 11) is 3.94. The molecule has 0 amide bonds. The first-order valence-corrected chi connectivity index (χ1v) is 8.48. The number of H-pyrrole nitrogens is 1. The molecule has 3 aromatic rings. The Hall–Kier alpha value is -2.86. The van der Waals surface area contributed by atoms with Crippen molar-refractivity contribution in [2.24, 2.45) is 4.99 Å². The molecule has 1 heterocycles. The van der Waals surface area contributed by atoms with E-state index in [1.807, 2.05) is 44.1 Å². The van der Waals surface area contributed by atoms with Crippen molar-refractivity contribution in [1.82, 2.24) is 9.88 Å². The number of nitrogens with one attached hydrogen (secondary N) is 2. The van der Waals surface area contributed by atoms with Crippen molar-refractivity contribution in [3.05, 3.63) is 53.3 Å². The van der Waals surface area contributed by atoms with Crippen LogP contribution in [0.1, 0.15) is 11.1 Å². The van der Waals surface area contributed by atoms with Gasteiger partial charge in [0.1, 0.15) is 5.82 Å². The van der Waals surface area contributed by atoms with Crippen LogP contribution in [-0.4, -0.2) is 48.4 Å². The molecule has 0 radical (unpaired) electrons. The van der Waals surface area contributed by atoms with E-state index >= 15 is 0 Å². The molecular formula is C20H23FN4O. The van der Waals surface area contributed by atoms with Gasteiger partial charge in [0, 0.05) is 36.3 Å². The first-order valence-electron chi connectivity index (χ1n) is 8.48. The first-order chi connectivity index (χ1) is 12.5. The van der Waals surface area contributed by atoms with Gasteiger partial charge in [-0.2, -0.15) is 0 Å². The van der Waals surface area contributed by atoms with Crippen molar-refractivity contribution in [1.29, 1.82) is 0 Å². The Morgan fingerprint density at radius 1 is 1.27 bits per heavy atom. The van der Waals surface area contributed by atoms with Crippen LogP contribution in [0.4, 0.5) is 15.8 Å². The zero-order chi connectivity index (χ0) is 18.7. The molecule has 1 aromatic heterocycles. The van der Waals surface area contributed by atoms with Gasteiger partial charge in [0.05, 0.1) is 16.9 Å². The zero-order valence-corrected chi connectivity index (χ0v) is 15.2. The van der Waals surface area contributed by atoms with Gasteiger partial charge in [-0.25, -0.2) is 4.39 Å². The number of halogens is 1. The van der Waals surface area contributed by atoms with E-state index in [0.29, 0.717) is 23.5 Å². The van der Waals surface area contributed by atoms with Crippen LogP contribution in [-0.2, 0) is 0 Å². The van der Waals surface area contributed by atoms with Crippen LogP contribution < -0.4 is 5.32 Å². The quantitative estimate of drug-likeness (QED) is 0.585. The van der Waals surface area contributed by atoms with Crippen LogP contribution in [0.2, 0.25) is 0 Å². The van der Waals surface area contributed by atoms with Gasteiger partial charge >= 0.3 is 0 Å². The van der Waals surface area contributed by atoms with E-state index in [9.17, 15) is 9.50 Å². The lowest BCUT2D eigenvalue weighted by molar-refractivity contribution is 0.425. The number of hydrogen-bond acceptors (Lipinski definition) is 4. The summed E-state index contributed by atoms with van der Waals surface area (Å²) in [6.45, 7) is 3.45. The standard InChI is InChI=1S/C20H23FN4O/c1-13-5-4-6-18-19(13)15(20(26)24-18)12-23-14-7-8-17(16(21)11-14)22-9-10-25(2)3/h4-8,11-12,22,24,26H,9-10H2,1-3H3. The monoisotopic (exact) mass is 354 g/mol. The summed E-state index contributed by atoms with van der Waals surface area (Å²) in [6, 6.07) is 10.6. The highest BCUT2D eigenvalue weighted by molar-refractivity contribution is 6.04. The molecule has 3 N–H and O–H groups in total. The number of fused-ring (bicyclic) bond motifs is 1. The van der Waals surface area contributed by atoms with Gasteiger partial charge in [0.25, 0.3) is 0 Å². The summed E-state index contributed by atoms with van der Waals surface area (Å²) in [5.41, 5.74) is 3.42. The summed E-state index contributed by atoms with van der Waals surface area (Å²) >= 11 is 0. The summed E-state index contributed by atoms with van der Waals surface area (Å²) in [6.07, 6.45) is 1.56. The fourth-order valence-corrected chi connectivity index (χ4v) is 2.85. The van der Waals surface area contributed by atoms with E-state index in [-0.39, 0.29) is 11.7 Å². The third-order valence-corrected chi connectivity index (χ3v) is 4.22. The maximum atomic E-state index is 14.2. The minimum atomic E-state index is -0.349. The average Bonchev–Trinajstić information content (AvgIpc) is 2.91. The van der Waals surface area contributed by atoms with E-state index in [1.54, 1.807) is 18.3 Å². The molecule has 0 aliphatic carbocycles. The Morgan fingerprint density at radius 2 is 2.08 bits per heavy atom. The van der Waals surface area contributed by atoms with Gasteiger partial charge < -0.3 is 20.3 Å². The van der Waals surface area contributed by atoms with Crippen LogP contribution in [0.3, 0.4) is 0 Å². The van der Waals surface area contributed by atoms with E-state index < -0.39 is 0 Å². The second-order valence-electron chi connectivity index (χ2n) is 6.54. The molecule has 26 heavy (non-hydrogen) atoms. The Balaban J connectivity index is 1.81. The summed E-state index contributed by atoms with van der Waals surface area (Å²) < 4.78 is 14.2. The fraction of sp³-hybridized carbons (Fsp3) is 0.250. The maximum absolute atomic E-state index is 14.2. The third-order valence-electron chi connectivity index (χ3n) is 4.22. The Bertz CT molecular complexity index is 946. The minimum Gasteiger partial charge on any atom is -0.494 e. The Labute approximate surface area is 152 Å². The number of nitrogens with zero attached hydrogens (tertiary/aromatic N) is 2. The molecule has 0 atom stereocenters. The maximum Gasteiger partial charge on any atom is 0.198 e. The van der Waals surface area contributed by atoms with E-state index in [2.05, 4.69) is 15.3 Å². The lowest BCUT2D eigenvalue weighted by atomic mass is 10.1. The zero-order valence-electron chi connectivity index (χ0n) is 15.2. The molecule has 136 valence electrons. The highest BCUT2D eigenvalue weighted by Crippen LogP contribution is 2.29. The highest BCUT2D eigenvalue weighted by atomic mass is 19.1.